The highest BCUT2D eigenvalue weighted by atomic mass is 16.5. The molecule has 0 saturated carbocycles. The zero-order chi connectivity index (χ0) is 15.7. The van der Waals surface area contributed by atoms with Gasteiger partial charge in [-0.25, -0.2) is 0 Å². The molecule has 1 unspecified atom stereocenters. The molecule has 0 aromatic heterocycles. The van der Waals surface area contributed by atoms with E-state index in [9.17, 15) is 14.4 Å². The van der Waals surface area contributed by atoms with Crippen molar-refractivity contribution < 1.29 is 23.9 Å². The monoisotopic (exact) mass is 288 g/mol. The minimum absolute atomic E-state index is 0.151. The van der Waals surface area contributed by atoms with Crippen LogP contribution in [0.2, 0.25) is 0 Å². The minimum atomic E-state index is -0.632. The number of rotatable bonds is 8. The second-order valence-corrected chi connectivity index (χ2v) is 4.87. The van der Waals surface area contributed by atoms with E-state index in [4.69, 9.17) is 0 Å². The lowest BCUT2D eigenvalue weighted by molar-refractivity contribution is -0.147. The van der Waals surface area contributed by atoms with E-state index in [0.717, 1.165) is 0 Å². The molecule has 0 fully saturated rings. The summed E-state index contributed by atoms with van der Waals surface area (Å²) >= 11 is 0. The van der Waals surface area contributed by atoms with Gasteiger partial charge in [-0.3, -0.25) is 19.3 Å². The summed E-state index contributed by atoms with van der Waals surface area (Å²) in [6, 6.07) is -0.632. The molecule has 0 bridgehead atoms. The number of esters is 2. The highest BCUT2D eigenvalue weighted by Crippen LogP contribution is 2.01. The number of carbonyl (C=O) groups is 3. The molecule has 7 nitrogen and oxygen atoms in total. The van der Waals surface area contributed by atoms with Crippen molar-refractivity contribution in [1.82, 2.24) is 10.2 Å². The average molecular weight is 288 g/mol. The zero-order valence-corrected chi connectivity index (χ0v) is 12.8. The molecule has 116 valence electrons. The van der Waals surface area contributed by atoms with Crippen molar-refractivity contribution >= 4 is 17.8 Å². The Bertz CT molecular complexity index is 326. The van der Waals surface area contributed by atoms with Crippen molar-refractivity contribution in [2.24, 2.45) is 5.92 Å². The molecule has 0 aliphatic heterocycles. The molecule has 0 heterocycles. The SMILES string of the molecule is COC(=O)CN(CC(=O)OC)C(C)C(=O)NCC(C)C. The number of methoxy groups -OCH3 is 2. The number of amides is 1. The zero-order valence-electron chi connectivity index (χ0n) is 12.8. The average Bonchev–Trinajstić information content (AvgIpc) is 2.42. The van der Waals surface area contributed by atoms with E-state index in [2.05, 4.69) is 14.8 Å². The van der Waals surface area contributed by atoms with E-state index in [1.807, 2.05) is 13.8 Å². The van der Waals surface area contributed by atoms with Crippen LogP contribution in [-0.4, -0.2) is 62.6 Å². The molecule has 0 aliphatic rings. The van der Waals surface area contributed by atoms with Crippen LogP contribution in [0.4, 0.5) is 0 Å². The summed E-state index contributed by atoms with van der Waals surface area (Å²) in [7, 11) is 2.50. The predicted molar refractivity (Wildman–Crippen MR) is 72.9 cm³/mol. The fraction of sp³-hybridized carbons (Fsp3) is 0.769. The summed E-state index contributed by atoms with van der Waals surface area (Å²) in [6.07, 6.45) is 0. The first kappa shape index (κ1) is 18.4. The van der Waals surface area contributed by atoms with E-state index < -0.39 is 18.0 Å². The number of hydrogen-bond donors (Lipinski definition) is 1. The Morgan fingerprint density at radius 1 is 1.00 bits per heavy atom. The molecule has 7 heteroatoms. The van der Waals surface area contributed by atoms with Gasteiger partial charge in [-0.05, 0) is 12.8 Å². The molecule has 0 saturated heterocycles. The first-order valence-corrected chi connectivity index (χ1v) is 6.47. The van der Waals surface area contributed by atoms with Crippen molar-refractivity contribution in [2.45, 2.75) is 26.8 Å². The lowest BCUT2D eigenvalue weighted by atomic mass is 10.2. The summed E-state index contributed by atoms with van der Waals surface area (Å²) in [5.74, 6) is -0.956. The number of nitrogens with zero attached hydrogens (tertiary/aromatic N) is 1. The molecular formula is C13H24N2O5. The lowest BCUT2D eigenvalue weighted by Gasteiger charge is -2.26. The largest absolute Gasteiger partial charge is 0.468 e. The Morgan fingerprint density at radius 2 is 1.45 bits per heavy atom. The van der Waals surface area contributed by atoms with Crippen molar-refractivity contribution in [3.8, 4) is 0 Å². The van der Waals surface area contributed by atoms with Crippen LogP contribution in [-0.2, 0) is 23.9 Å². The van der Waals surface area contributed by atoms with Crippen LogP contribution in [0.25, 0.3) is 0 Å². The number of ether oxygens (including phenoxy) is 2. The van der Waals surface area contributed by atoms with Gasteiger partial charge in [0.25, 0.3) is 0 Å². The van der Waals surface area contributed by atoms with Crippen LogP contribution >= 0.6 is 0 Å². The molecule has 1 N–H and O–H groups in total. The van der Waals surface area contributed by atoms with Crippen molar-refractivity contribution in [3.63, 3.8) is 0 Å². The van der Waals surface area contributed by atoms with E-state index in [1.54, 1.807) is 6.92 Å². The van der Waals surface area contributed by atoms with Gasteiger partial charge in [0, 0.05) is 6.54 Å². The second kappa shape index (κ2) is 9.30. The van der Waals surface area contributed by atoms with Gasteiger partial charge < -0.3 is 14.8 Å². The molecule has 0 aromatic rings. The van der Waals surface area contributed by atoms with Crippen LogP contribution in [0.15, 0.2) is 0 Å². The predicted octanol–water partition coefficient (Wildman–Crippen LogP) is -0.205. The van der Waals surface area contributed by atoms with Crippen LogP contribution in [0.3, 0.4) is 0 Å². The van der Waals surface area contributed by atoms with Crippen molar-refractivity contribution in [3.05, 3.63) is 0 Å². The second-order valence-electron chi connectivity index (χ2n) is 4.87. The third kappa shape index (κ3) is 7.08. The standard InChI is InChI=1S/C13H24N2O5/c1-9(2)6-14-13(18)10(3)15(7-11(16)19-4)8-12(17)20-5/h9-10H,6-8H2,1-5H3,(H,14,18). The maximum absolute atomic E-state index is 12.0. The summed E-state index contributed by atoms with van der Waals surface area (Å²) in [5, 5.41) is 2.76. The maximum Gasteiger partial charge on any atom is 0.319 e. The van der Waals surface area contributed by atoms with Gasteiger partial charge in [-0.15, -0.1) is 0 Å². The Kier molecular flexibility index (Phi) is 8.54. The van der Waals surface area contributed by atoms with Crippen LogP contribution < -0.4 is 5.32 Å². The minimum Gasteiger partial charge on any atom is -0.468 e. The fourth-order valence-electron chi connectivity index (χ4n) is 1.41. The van der Waals surface area contributed by atoms with E-state index in [0.29, 0.717) is 12.5 Å². The maximum atomic E-state index is 12.0. The lowest BCUT2D eigenvalue weighted by Crippen LogP contribution is -2.49. The molecule has 20 heavy (non-hydrogen) atoms. The summed E-state index contributed by atoms with van der Waals surface area (Å²) < 4.78 is 9.12. The number of hydrogen-bond acceptors (Lipinski definition) is 6. The Balaban J connectivity index is 4.68. The van der Waals surface area contributed by atoms with E-state index in [-0.39, 0.29) is 19.0 Å². The Morgan fingerprint density at radius 3 is 1.80 bits per heavy atom. The summed E-state index contributed by atoms with van der Waals surface area (Å²) in [5.41, 5.74) is 0. The van der Waals surface area contributed by atoms with Gasteiger partial charge in [0.2, 0.25) is 5.91 Å². The van der Waals surface area contributed by atoms with E-state index >= 15 is 0 Å². The molecule has 0 rings (SSSR count). The molecular weight excluding hydrogens is 264 g/mol. The van der Waals surface area contributed by atoms with Gasteiger partial charge >= 0.3 is 11.9 Å². The summed E-state index contributed by atoms with van der Waals surface area (Å²) in [6.45, 7) is 5.82. The number of carbonyl (C=O) groups excluding carboxylic acids is 3. The van der Waals surface area contributed by atoms with Gasteiger partial charge in [-0.2, -0.15) is 0 Å². The molecule has 1 atom stereocenters. The molecule has 1 amide bonds. The van der Waals surface area contributed by atoms with Crippen molar-refractivity contribution in [2.75, 3.05) is 33.9 Å². The summed E-state index contributed by atoms with van der Waals surface area (Å²) in [4.78, 5) is 36.1. The highest BCUT2D eigenvalue weighted by molar-refractivity contribution is 5.83. The smallest absolute Gasteiger partial charge is 0.319 e. The van der Waals surface area contributed by atoms with Gasteiger partial charge in [0.05, 0.1) is 33.4 Å². The Hall–Kier alpha value is -1.63. The topological polar surface area (TPSA) is 84.9 Å². The third-order valence-corrected chi connectivity index (χ3v) is 2.73. The van der Waals surface area contributed by atoms with Crippen LogP contribution in [0, 0.1) is 5.92 Å². The first-order chi connectivity index (χ1) is 9.31. The van der Waals surface area contributed by atoms with E-state index in [1.165, 1.54) is 19.1 Å². The van der Waals surface area contributed by atoms with Crippen LogP contribution in [0.1, 0.15) is 20.8 Å². The van der Waals surface area contributed by atoms with Crippen molar-refractivity contribution in [1.29, 1.82) is 0 Å². The number of nitrogens with one attached hydrogen (secondary N) is 1. The highest BCUT2D eigenvalue weighted by Gasteiger charge is 2.26. The van der Waals surface area contributed by atoms with Crippen LogP contribution in [0.5, 0.6) is 0 Å². The molecule has 0 spiro atoms. The van der Waals surface area contributed by atoms with Gasteiger partial charge in [-0.1, -0.05) is 13.8 Å². The van der Waals surface area contributed by atoms with Gasteiger partial charge in [0.1, 0.15) is 0 Å². The molecule has 0 aromatic carbocycles. The first-order valence-electron chi connectivity index (χ1n) is 6.47. The Labute approximate surface area is 119 Å². The normalized spacial score (nSPS) is 12.2. The molecule has 0 radical (unpaired) electrons. The third-order valence-electron chi connectivity index (χ3n) is 2.73. The molecule has 0 aliphatic carbocycles. The quantitative estimate of drug-likeness (QED) is 0.622. The fourth-order valence-corrected chi connectivity index (χ4v) is 1.41. The van der Waals surface area contributed by atoms with Gasteiger partial charge in [0.15, 0.2) is 0 Å².